The van der Waals surface area contributed by atoms with E-state index in [1.54, 1.807) is 0 Å². The minimum atomic E-state index is -8.45. The lowest BCUT2D eigenvalue weighted by Crippen LogP contribution is -2.61. The van der Waals surface area contributed by atoms with Gasteiger partial charge in [-0.15, -0.1) is 0 Å². The van der Waals surface area contributed by atoms with Gasteiger partial charge in [0, 0.05) is 22.3 Å². The second-order valence-electron chi connectivity index (χ2n) is 10.2. The molecule has 0 atom stereocenters. The molecule has 0 unspecified atom stereocenters. The van der Waals surface area contributed by atoms with Gasteiger partial charge in [-0.2, -0.15) is 119 Å². The lowest BCUT2D eigenvalue weighted by Gasteiger charge is -2.40. The highest BCUT2D eigenvalue weighted by molar-refractivity contribution is 5.50. The van der Waals surface area contributed by atoms with Crippen molar-refractivity contribution in [1.29, 1.82) is 0 Å². The van der Waals surface area contributed by atoms with Crippen molar-refractivity contribution in [2.45, 2.75) is 91.3 Å². The van der Waals surface area contributed by atoms with Crippen molar-refractivity contribution in [2.24, 2.45) is 0 Å². The van der Waals surface area contributed by atoms with E-state index in [-0.39, 0.29) is 0 Å². The third-order valence-electron chi connectivity index (χ3n) is 6.22. The summed E-state index contributed by atoms with van der Waals surface area (Å²) in [5.41, 5.74) is -21.5. The monoisotopic (exact) mass is 790 g/mol. The molecule has 28 heteroatoms. The second-order valence-corrected chi connectivity index (χ2v) is 10.2. The molecular weight excluding hydrogens is 781 g/mol. The van der Waals surface area contributed by atoms with Crippen LogP contribution in [0.1, 0.15) is 36.1 Å². The fourth-order valence-electron chi connectivity index (χ4n) is 3.62. The molecule has 0 spiro atoms. The Labute approximate surface area is 250 Å². The fraction of sp³-hybridized carbons (Fsp3) is 0.714. The van der Waals surface area contributed by atoms with Gasteiger partial charge in [-0.25, -0.2) is 0 Å². The van der Waals surface area contributed by atoms with Crippen LogP contribution in [0.4, 0.5) is 119 Å². The van der Waals surface area contributed by atoms with E-state index in [0.29, 0.717) is 0 Å². The van der Waals surface area contributed by atoms with Crippen LogP contribution in [-0.4, -0.2) is 59.2 Å². The molecule has 0 aliphatic rings. The standard InChI is InChI=1S/C21H9F27O/c1-9(2,49)8-6(11(24,25)14(30,31)17(36,37)20(43,44)45)3-5(10(22,23)13(28,29)16(34,35)19(40,41)42)4-7(8)12(26,27)15(32,33)18(38,39)21(46,47)48/h3-4,49H,1-2H3. The maximum atomic E-state index is 15.0. The molecule has 0 aliphatic heterocycles. The van der Waals surface area contributed by atoms with Crippen LogP contribution in [0.3, 0.4) is 0 Å². The van der Waals surface area contributed by atoms with Gasteiger partial charge < -0.3 is 5.11 Å². The van der Waals surface area contributed by atoms with Gasteiger partial charge in [-0.1, -0.05) is 0 Å². The Morgan fingerprint density at radius 3 is 0.735 bits per heavy atom. The highest BCUT2D eigenvalue weighted by Crippen LogP contribution is 2.63. The molecule has 0 aliphatic carbocycles. The lowest BCUT2D eigenvalue weighted by molar-refractivity contribution is -0.402. The van der Waals surface area contributed by atoms with Crippen molar-refractivity contribution in [3.05, 3.63) is 34.4 Å². The molecule has 0 radical (unpaired) electrons. The van der Waals surface area contributed by atoms with Gasteiger partial charge in [0.25, 0.3) is 0 Å². The van der Waals surface area contributed by atoms with Crippen LogP contribution in [0.15, 0.2) is 12.1 Å². The molecule has 1 rings (SSSR count). The van der Waals surface area contributed by atoms with Crippen LogP contribution in [0, 0.1) is 0 Å². The minimum absolute atomic E-state index is 0.550. The van der Waals surface area contributed by atoms with Crippen molar-refractivity contribution in [3.8, 4) is 0 Å². The lowest BCUT2D eigenvalue weighted by atomic mass is 9.77. The number of benzene rings is 1. The molecule has 0 bridgehead atoms. The van der Waals surface area contributed by atoms with Crippen molar-refractivity contribution in [1.82, 2.24) is 0 Å². The van der Waals surface area contributed by atoms with E-state index >= 15 is 0 Å². The van der Waals surface area contributed by atoms with E-state index < -0.39 is 126 Å². The predicted molar refractivity (Wildman–Crippen MR) is 101 cm³/mol. The summed E-state index contributed by atoms with van der Waals surface area (Å²) >= 11 is 0. The number of hydrogen-bond donors (Lipinski definition) is 1. The van der Waals surface area contributed by atoms with Gasteiger partial charge in [0.15, 0.2) is 0 Å². The summed E-state index contributed by atoms with van der Waals surface area (Å²) in [6.07, 6.45) is -23.9. The zero-order valence-corrected chi connectivity index (χ0v) is 22.3. The molecule has 0 saturated heterocycles. The third-order valence-corrected chi connectivity index (χ3v) is 6.22. The molecular formula is C21H9F27O. The van der Waals surface area contributed by atoms with E-state index in [9.17, 15) is 124 Å². The smallest absolute Gasteiger partial charge is 0.386 e. The Hall–Kier alpha value is -2.71. The normalized spacial score (nSPS) is 16.4. The molecule has 1 nitrogen and oxygen atoms in total. The Bertz CT molecular complexity index is 1310. The van der Waals surface area contributed by atoms with E-state index in [4.69, 9.17) is 0 Å². The predicted octanol–water partition coefficient (Wildman–Crippen LogP) is 10.7. The Balaban J connectivity index is 4.87. The first-order valence-electron chi connectivity index (χ1n) is 11.2. The second kappa shape index (κ2) is 11.1. The van der Waals surface area contributed by atoms with Crippen molar-refractivity contribution in [2.75, 3.05) is 0 Å². The van der Waals surface area contributed by atoms with E-state index in [0.717, 1.165) is 0 Å². The van der Waals surface area contributed by atoms with Gasteiger partial charge in [0.05, 0.1) is 5.60 Å². The highest BCUT2D eigenvalue weighted by atomic mass is 19.4. The van der Waals surface area contributed by atoms with Crippen LogP contribution in [0.5, 0.6) is 0 Å². The number of halogens is 27. The summed E-state index contributed by atoms with van der Waals surface area (Å²) in [5.74, 6) is -74.3. The summed E-state index contributed by atoms with van der Waals surface area (Å²) in [4.78, 5) is 0. The first-order valence-corrected chi connectivity index (χ1v) is 11.2. The third kappa shape index (κ3) is 6.07. The summed E-state index contributed by atoms with van der Waals surface area (Å²) in [7, 11) is 0. The van der Waals surface area contributed by atoms with Crippen LogP contribution in [0.25, 0.3) is 0 Å². The summed E-state index contributed by atoms with van der Waals surface area (Å²) in [6.45, 7) is -1.10. The van der Waals surface area contributed by atoms with Crippen molar-refractivity contribution in [3.63, 3.8) is 0 Å². The number of hydrogen-bond acceptors (Lipinski definition) is 1. The number of aliphatic hydroxyl groups is 1. The topological polar surface area (TPSA) is 20.2 Å². The van der Waals surface area contributed by atoms with Crippen LogP contribution < -0.4 is 0 Å². The summed E-state index contributed by atoms with van der Waals surface area (Å²) in [5, 5.41) is 9.94. The minimum Gasteiger partial charge on any atom is -0.386 e. The van der Waals surface area contributed by atoms with Gasteiger partial charge in [-0.05, 0) is 26.0 Å². The van der Waals surface area contributed by atoms with Gasteiger partial charge in [-0.3, -0.25) is 0 Å². The number of rotatable bonds is 10. The van der Waals surface area contributed by atoms with Crippen LogP contribution in [0.2, 0.25) is 0 Å². The Morgan fingerprint density at radius 1 is 0.347 bits per heavy atom. The molecule has 288 valence electrons. The zero-order chi connectivity index (χ0) is 40.2. The van der Waals surface area contributed by atoms with Gasteiger partial charge >= 0.3 is 71.8 Å². The quantitative estimate of drug-likeness (QED) is 0.234. The molecule has 0 heterocycles. The van der Waals surface area contributed by atoms with E-state index in [2.05, 4.69) is 0 Å². The fourth-order valence-corrected chi connectivity index (χ4v) is 3.62. The molecule has 1 aromatic carbocycles. The molecule has 1 N–H and O–H groups in total. The Kier molecular flexibility index (Phi) is 10.1. The molecule has 0 amide bonds. The largest absolute Gasteiger partial charge is 0.460 e. The Morgan fingerprint density at radius 2 is 0.551 bits per heavy atom. The average molecular weight is 790 g/mol. The molecule has 49 heavy (non-hydrogen) atoms. The summed E-state index contributed by atoms with van der Waals surface area (Å²) < 4.78 is 368. The van der Waals surface area contributed by atoms with Crippen molar-refractivity contribution >= 4 is 0 Å². The number of alkyl halides is 27. The van der Waals surface area contributed by atoms with E-state index in [1.165, 1.54) is 0 Å². The maximum absolute atomic E-state index is 15.0. The zero-order valence-electron chi connectivity index (χ0n) is 22.3. The first kappa shape index (κ1) is 44.3. The van der Waals surface area contributed by atoms with Crippen LogP contribution >= 0.6 is 0 Å². The average Bonchev–Trinajstić information content (AvgIpc) is 2.84. The highest BCUT2D eigenvalue weighted by Gasteiger charge is 2.86. The molecule has 0 aromatic heterocycles. The van der Waals surface area contributed by atoms with Gasteiger partial charge in [0.2, 0.25) is 0 Å². The van der Waals surface area contributed by atoms with Gasteiger partial charge in [0.1, 0.15) is 0 Å². The molecule has 1 aromatic rings. The maximum Gasteiger partial charge on any atom is 0.460 e. The SMILES string of the molecule is CC(C)(O)c1c(C(F)(F)C(F)(F)C(F)(F)C(F)(F)F)cc(C(F)(F)C(F)(F)C(F)(F)C(F)(F)F)cc1C(F)(F)C(F)(F)C(F)(F)C(F)(F)F. The van der Waals surface area contributed by atoms with Crippen LogP contribution in [-0.2, 0) is 23.4 Å². The molecule has 0 fully saturated rings. The molecule has 0 saturated carbocycles. The van der Waals surface area contributed by atoms with Crippen molar-refractivity contribution < 1.29 is 124 Å². The van der Waals surface area contributed by atoms with E-state index in [1.807, 2.05) is 0 Å². The first-order chi connectivity index (χ1) is 20.7. The summed E-state index contributed by atoms with van der Waals surface area (Å²) in [6, 6.07) is -4.60.